The summed E-state index contributed by atoms with van der Waals surface area (Å²) in [6, 6.07) is 9.71. The van der Waals surface area contributed by atoms with E-state index in [1.807, 2.05) is 13.0 Å². The second-order valence-electron chi connectivity index (χ2n) is 10.0. The van der Waals surface area contributed by atoms with Crippen LogP contribution in [0.2, 0.25) is 0 Å². The zero-order valence-corrected chi connectivity index (χ0v) is 24.8. The molecule has 9 nitrogen and oxygen atoms in total. The van der Waals surface area contributed by atoms with Crippen LogP contribution in [0.25, 0.3) is 11.0 Å². The lowest BCUT2D eigenvalue weighted by Crippen LogP contribution is -2.29. The summed E-state index contributed by atoms with van der Waals surface area (Å²) in [5.41, 5.74) is 2.09. The Kier molecular flexibility index (Phi) is 8.44. The number of benzene rings is 2. The molecule has 0 bridgehead atoms. The topological polar surface area (TPSA) is 108 Å². The van der Waals surface area contributed by atoms with Gasteiger partial charge in [-0.3, -0.25) is 14.5 Å². The largest absolute Gasteiger partial charge is 0.493 e. The number of hydrogen-bond acceptors (Lipinski definition) is 9. The summed E-state index contributed by atoms with van der Waals surface area (Å²) in [5.74, 6) is -0.141. The van der Waals surface area contributed by atoms with Crippen molar-refractivity contribution < 1.29 is 28.2 Å². The summed E-state index contributed by atoms with van der Waals surface area (Å²) >= 11 is 1.01. The molecule has 10 heteroatoms. The number of esters is 1. The molecule has 0 spiro atoms. The number of hydrogen-bond donors (Lipinski definition) is 0. The number of methoxy groups -OCH3 is 1. The predicted molar refractivity (Wildman–Crippen MR) is 161 cm³/mol. The summed E-state index contributed by atoms with van der Waals surface area (Å²) in [4.78, 5) is 46.9. The molecule has 4 aromatic rings. The van der Waals surface area contributed by atoms with Gasteiger partial charge in [-0.1, -0.05) is 61.5 Å². The standard InChI is InChI=1S/C32H32N2O7S/c1-6-8-9-15-39-23-13-11-20(17-24(23)38-5)26-25-27(35)21-16-18(3)10-12-22(21)41-28(25)30(36)34(26)32-33-19(4)29(42-32)31(37)40-14-7-2/h7,10-13,16-17,26H,2,6,8-9,14-15H2,1,3-5H3. The Hall–Kier alpha value is -4.44. The smallest absolute Gasteiger partial charge is 0.350 e. The first-order chi connectivity index (χ1) is 20.3. The number of anilines is 1. The number of nitrogens with zero attached hydrogens (tertiary/aromatic N) is 2. The zero-order chi connectivity index (χ0) is 30.0. The number of fused-ring (bicyclic) bond motifs is 2. The molecule has 1 amide bonds. The van der Waals surface area contributed by atoms with Crippen LogP contribution in [0.4, 0.5) is 5.13 Å². The number of amides is 1. The average molecular weight is 589 g/mol. The van der Waals surface area contributed by atoms with Crippen molar-refractivity contribution in [3.63, 3.8) is 0 Å². The number of rotatable bonds is 11. The molecule has 42 heavy (non-hydrogen) atoms. The van der Waals surface area contributed by atoms with Crippen LogP contribution in [0, 0.1) is 13.8 Å². The van der Waals surface area contributed by atoms with Gasteiger partial charge in [-0.25, -0.2) is 9.78 Å². The molecule has 0 radical (unpaired) electrons. The van der Waals surface area contributed by atoms with Gasteiger partial charge in [-0.05, 0) is 50.1 Å². The number of unbranched alkanes of at least 4 members (excludes halogenated alkanes) is 2. The van der Waals surface area contributed by atoms with E-state index in [2.05, 4.69) is 18.5 Å². The minimum absolute atomic E-state index is 0.0410. The van der Waals surface area contributed by atoms with Crippen molar-refractivity contribution in [3.8, 4) is 11.5 Å². The van der Waals surface area contributed by atoms with Crippen LogP contribution < -0.4 is 19.8 Å². The van der Waals surface area contributed by atoms with Gasteiger partial charge in [0.15, 0.2) is 22.1 Å². The highest BCUT2D eigenvalue weighted by molar-refractivity contribution is 7.17. The van der Waals surface area contributed by atoms with E-state index in [0.717, 1.165) is 36.2 Å². The van der Waals surface area contributed by atoms with Crippen LogP contribution in [0.15, 0.2) is 58.3 Å². The van der Waals surface area contributed by atoms with Crippen LogP contribution in [0.5, 0.6) is 11.5 Å². The Morgan fingerprint density at radius 3 is 2.69 bits per heavy atom. The Labute approximate surface area is 247 Å². The van der Waals surface area contributed by atoms with Crippen molar-refractivity contribution in [3.05, 3.63) is 92.3 Å². The van der Waals surface area contributed by atoms with E-state index in [1.54, 1.807) is 44.4 Å². The van der Waals surface area contributed by atoms with Gasteiger partial charge < -0.3 is 18.6 Å². The number of carbonyl (C=O) groups excluding carboxylic acids is 2. The number of ether oxygens (including phenoxy) is 3. The molecule has 0 aliphatic carbocycles. The molecule has 3 heterocycles. The predicted octanol–water partition coefficient (Wildman–Crippen LogP) is 6.54. The van der Waals surface area contributed by atoms with Crippen molar-refractivity contribution in [2.45, 2.75) is 46.1 Å². The Balaban J connectivity index is 1.66. The van der Waals surface area contributed by atoms with Gasteiger partial charge in [0.25, 0.3) is 5.91 Å². The summed E-state index contributed by atoms with van der Waals surface area (Å²) in [6.07, 6.45) is 4.51. The zero-order valence-electron chi connectivity index (χ0n) is 24.0. The molecule has 0 saturated heterocycles. The minimum atomic E-state index is -0.890. The lowest BCUT2D eigenvalue weighted by atomic mass is 9.98. The average Bonchev–Trinajstić information content (AvgIpc) is 3.51. The van der Waals surface area contributed by atoms with Crippen LogP contribution in [0.1, 0.15) is 74.8 Å². The molecule has 5 rings (SSSR count). The van der Waals surface area contributed by atoms with Crippen molar-refractivity contribution in [1.82, 2.24) is 4.98 Å². The fourth-order valence-electron chi connectivity index (χ4n) is 4.98. The van der Waals surface area contributed by atoms with E-state index in [-0.39, 0.29) is 33.4 Å². The summed E-state index contributed by atoms with van der Waals surface area (Å²) in [7, 11) is 1.54. The molecule has 0 fully saturated rings. The van der Waals surface area contributed by atoms with Gasteiger partial charge >= 0.3 is 5.97 Å². The first-order valence-corrected chi connectivity index (χ1v) is 14.6. The number of thiazole rings is 1. The molecule has 2 aromatic carbocycles. The fourth-order valence-corrected chi connectivity index (χ4v) is 5.97. The highest BCUT2D eigenvalue weighted by atomic mass is 32.1. The number of aromatic nitrogens is 1. The van der Waals surface area contributed by atoms with E-state index >= 15 is 0 Å². The molecule has 0 N–H and O–H groups in total. The molecule has 1 aliphatic heterocycles. The summed E-state index contributed by atoms with van der Waals surface area (Å²) in [6.45, 7) is 9.83. The third kappa shape index (κ3) is 5.30. The molecule has 218 valence electrons. The van der Waals surface area contributed by atoms with Crippen molar-refractivity contribution in [1.29, 1.82) is 0 Å². The van der Waals surface area contributed by atoms with Crippen molar-refractivity contribution in [2.24, 2.45) is 0 Å². The van der Waals surface area contributed by atoms with E-state index in [4.69, 9.17) is 18.6 Å². The van der Waals surface area contributed by atoms with Crippen LogP contribution in [-0.4, -0.2) is 37.2 Å². The number of carbonyl (C=O) groups is 2. The molecule has 1 aliphatic rings. The van der Waals surface area contributed by atoms with E-state index in [9.17, 15) is 14.4 Å². The maximum Gasteiger partial charge on any atom is 0.350 e. The molecule has 0 saturated carbocycles. The maximum absolute atomic E-state index is 14.0. The summed E-state index contributed by atoms with van der Waals surface area (Å²) < 4.78 is 22.9. The summed E-state index contributed by atoms with van der Waals surface area (Å²) in [5, 5.41) is 0.609. The van der Waals surface area contributed by atoms with Crippen molar-refractivity contribution in [2.75, 3.05) is 25.2 Å². The van der Waals surface area contributed by atoms with E-state index in [1.165, 1.54) is 11.0 Å². The van der Waals surface area contributed by atoms with Gasteiger partial charge in [-0.2, -0.15) is 0 Å². The van der Waals surface area contributed by atoms with Gasteiger partial charge in [0, 0.05) is 0 Å². The van der Waals surface area contributed by atoms with Crippen LogP contribution in [0.3, 0.4) is 0 Å². The molecular weight excluding hydrogens is 556 g/mol. The quantitative estimate of drug-likeness (QED) is 0.110. The molecule has 2 aromatic heterocycles. The van der Waals surface area contributed by atoms with E-state index < -0.39 is 17.9 Å². The van der Waals surface area contributed by atoms with E-state index in [0.29, 0.717) is 40.3 Å². The Bertz CT molecular complexity index is 1740. The van der Waals surface area contributed by atoms with Gasteiger partial charge in [0.2, 0.25) is 5.76 Å². The van der Waals surface area contributed by atoms with Gasteiger partial charge in [0.05, 0.1) is 36.4 Å². The molecule has 1 unspecified atom stereocenters. The second kappa shape index (κ2) is 12.2. The van der Waals surface area contributed by atoms with Crippen molar-refractivity contribution >= 4 is 39.3 Å². The first kappa shape index (κ1) is 29.1. The lowest BCUT2D eigenvalue weighted by molar-refractivity contribution is 0.0554. The van der Waals surface area contributed by atoms with Crippen LogP contribution >= 0.6 is 11.3 Å². The second-order valence-corrected chi connectivity index (χ2v) is 11.0. The van der Waals surface area contributed by atoms with Gasteiger partial charge in [-0.15, -0.1) is 0 Å². The SMILES string of the molecule is C=CCOC(=O)c1sc(N2C(=O)c3oc4ccc(C)cc4c(=O)c3C2c2ccc(OCCCCC)c(OC)c2)nc1C. The van der Waals surface area contributed by atoms with Gasteiger partial charge in [0.1, 0.15) is 17.1 Å². The normalized spacial score (nSPS) is 14.2. The maximum atomic E-state index is 14.0. The fraction of sp³-hybridized carbons (Fsp3) is 0.312. The van der Waals surface area contributed by atoms with Crippen LogP contribution in [-0.2, 0) is 4.74 Å². The number of aryl methyl sites for hydroxylation is 2. The molecule has 1 atom stereocenters. The highest BCUT2D eigenvalue weighted by Gasteiger charge is 2.45. The monoisotopic (exact) mass is 588 g/mol. The highest BCUT2D eigenvalue weighted by Crippen LogP contribution is 2.45. The molecular formula is C32H32N2O7S. The third-order valence-electron chi connectivity index (χ3n) is 7.04. The third-order valence-corrected chi connectivity index (χ3v) is 8.18. The first-order valence-electron chi connectivity index (χ1n) is 13.8. The Morgan fingerprint density at radius 1 is 1.14 bits per heavy atom. The minimum Gasteiger partial charge on any atom is -0.493 e. The lowest BCUT2D eigenvalue weighted by Gasteiger charge is -2.23. The Morgan fingerprint density at radius 2 is 1.95 bits per heavy atom.